The fourth-order valence-electron chi connectivity index (χ4n) is 1.52. The van der Waals surface area contributed by atoms with Gasteiger partial charge in [0.05, 0.1) is 0 Å². The van der Waals surface area contributed by atoms with Crippen molar-refractivity contribution in [2.45, 2.75) is 13.5 Å². The number of methoxy groups -OCH3 is 1. The molecule has 0 saturated carbocycles. The van der Waals surface area contributed by atoms with Crippen LogP contribution in [0.5, 0.6) is 0 Å². The molecule has 0 heterocycles. The van der Waals surface area contributed by atoms with Gasteiger partial charge in [-0.15, -0.1) is 0 Å². The van der Waals surface area contributed by atoms with E-state index in [1.807, 2.05) is 6.92 Å². The molecule has 1 aromatic carbocycles. The highest BCUT2D eigenvalue weighted by atomic mass is 19.2. The van der Waals surface area contributed by atoms with Gasteiger partial charge in [0.15, 0.2) is 17.5 Å². The average Bonchev–Trinajstić information content (AvgIpc) is 2.26. The van der Waals surface area contributed by atoms with Crippen LogP contribution in [0.1, 0.15) is 12.5 Å². The first kappa shape index (κ1) is 14.0. The minimum absolute atomic E-state index is 0.294. The largest absolute Gasteiger partial charge is 0.384 e. The van der Waals surface area contributed by atoms with Crippen molar-refractivity contribution >= 4 is 0 Å². The van der Waals surface area contributed by atoms with Crippen LogP contribution >= 0.6 is 0 Å². The Morgan fingerprint density at radius 3 is 2.35 bits per heavy atom. The van der Waals surface area contributed by atoms with Crippen LogP contribution in [-0.2, 0) is 11.3 Å². The smallest absolute Gasteiger partial charge is 0.194 e. The van der Waals surface area contributed by atoms with Crippen molar-refractivity contribution in [2.75, 3.05) is 20.3 Å². The molecule has 0 aliphatic heterocycles. The summed E-state index contributed by atoms with van der Waals surface area (Å²) >= 11 is 0. The van der Waals surface area contributed by atoms with Gasteiger partial charge < -0.3 is 10.1 Å². The summed E-state index contributed by atoms with van der Waals surface area (Å²) in [6.07, 6.45) is 0. The number of rotatable bonds is 6. The molecule has 2 nitrogen and oxygen atoms in total. The molecule has 1 aromatic rings. The Kier molecular flexibility index (Phi) is 5.44. The van der Waals surface area contributed by atoms with Gasteiger partial charge in [-0.05, 0) is 23.6 Å². The second-order valence-electron chi connectivity index (χ2n) is 4.06. The van der Waals surface area contributed by atoms with E-state index in [4.69, 9.17) is 4.74 Å². The van der Waals surface area contributed by atoms with Gasteiger partial charge in [-0.25, -0.2) is 13.2 Å². The Hall–Kier alpha value is -1.07. The van der Waals surface area contributed by atoms with E-state index in [1.165, 1.54) is 0 Å². The standard InChI is InChI=1S/C12H16F3NO/c1-8(7-17-2)5-16-6-9-3-10(13)12(15)11(14)4-9/h3-4,8,16H,5-7H2,1-2H3. The third kappa shape index (κ3) is 4.36. The van der Waals surface area contributed by atoms with Crippen molar-refractivity contribution in [1.82, 2.24) is 5.32 Å². The molecule has 1 rings (SSSR count). The Morgan fingerprint density at radius 2 is 1.82 bits per heavy atom. The van der Waals surface area contributed by atoms with E-state index in [0.717, 1.165) is 12.1 Å². The van der Waals surface area contributed by atoms with E-state index in [9.17, 15) is 13.2 Å². The quantitative estimate of drug-likeness (QED) is 0.780. The van der Waals surface area contributed by atoms with Crippen LogP contribution in [0.3, 0.4) is 0 Å². The first-order valence-corrected chi connectivity index (χ1v) is 5.37. The maximum Gasteiger partial charge on any atom is 0.194 e. The summed E-state index contributed by atoms with van der Waals surface area (Å²) in [7, 11) is 1.61. The lowest BCUT2D eigenvalue weighted by Gasteiger charge is -2.11. The fraction of sp³-hybridized carbons (Fsp3) is 0.500. The summed E-state index contributed by atoms with van der Waals surface area (Å²) < 4.78 is 43.4. The summed E-state index contributed by atoms with van der Waals surface area (Å²) in [5, 5.41) is 3.02. The van der Waals surface area contributed by atoms with Crippen molar-refractivity contribution in [1.29, 1.82) is 0 Å². The van der Waals surface area contributed by atoms with Crippen LogP contribution in [0.25, 0.3) is 0 Å². The van der Waals surface area contributed by atoms with Gasteiger partial charge in [-0.1, -0.05) is 6.92 Å². The highest BCUT2D eigenvalue weighted by Crippen LogP contribution is 2.13. The first-order chi connectivity index (χ1) is 8.04. The lowest BCUT2D eigenvalue weighted by atomic mass is 10.1. The summed E-state index contributed by atoms with van der Waals surface area (Å²) in [5.74, 6) is -3.45. The zero-order valence-electron chi connectivity index (χ0n) is 9.90. The number of halogens is 3. The van der Waals surface area contributed by atoms with Crippen LogP contribution in [0.4, 0.5) is 13.2 Å². The van der Waals surface area contributed by atoms with Gasteiger partial charge in [0.25, 0.3) is 0 Å². The third-order valence-electron chi connectivity index (χ3n) is 2.32. The number of nitrogens with one attached hydrogen (secondary N) is 1. The Balaban J connectivity index is 2.47. The SMILES string of the molecule is COCC(C)CNCc1cc(F)c(F)c(F)c1. The normalized spacial score (nSPS) is 12.8. The lowest BCUT2D eigenvalue weighted by Crippen LogP contribution is -2.23. The van der Waals surface area contributed by atoms with Crippen molar-refractivity contribution in [3.05, 3.63) is 35.1 Å². The number of ether oxygens (including phenoxy) is 1. The van der Waals surface area contributed by atoms with E-state index in [-0.39, 0.29) is 0 Å². The van der Waals surface area contributed by atoms with Crippen molar-refractivity contribution in [3.8, 4) is 0 Å². The molecule has 1 atom stereocenters. The number of benzene rings is 1. The van der Waals surface area contributed by atoms with Crippen LogP contribution < -0.4 is 5.32 Å². The van der Waals surface area contributed by atoms with Crippen molar-refractivity contribution < 1.29 is 17.9 Å². The zero-order valence-corrected chi connectivity index (χ0v) is 9.90. The van der Waals surface area contributed by atoms with Gasteiger partial charge in [0.2, 0.25) is 0 Å². The van der Waals surface area contributed by atoms with Crippen molar-refractivity contribution in [2.24, 2.45) is 5.92 Å². The summed E-state index contributed by atoms with van der Waals surface area (Å²) in [6, 6.07) is 1.98. The van der Waals surface area contributed by atoms with Crippen LogP contribution in [0.2, 0.25) is 0 Å². The zero-order chi connectivity index (χ0) is 12.8. The molecule has 17 heavy (non-hydrogen) atoms. The fourth-order valence-corrected chi connectivity index (χ4v) is 1.52. The summed E-state index contributed by atoms with van der Waals surface area (Å²) in [4.78, 5) is 0. The average molecular weight is 247 g/mol. The number of hydrogen-bond acceptors (Lipinski definition) is 2. The van der Waals surface area contributed by atoms with Gasteiger partial charge in [-0.2, -0.15) is 0 Å². The molecule has 0 radical (unpaired) electrons. The maximum atomic E-state index is 12.9. The molecular formula is C12H16F3NO. The lowest BCUT2D eigenvalue weighted by molar-refractivity contribution is 0.158. The van der Waals surface area contributed by atoms with E-state index in [1.54, 1.807) is 7.11 Å². The number of hydrogen-bond donors (Lipinski definition) is 1. The summed E-state index contributed by atoms with van der Waals surface area (Å²) in [5.41, 5.74) is 0.381. The molecule has 0 spiro atoms. The van der Waals surface area contributed by atoms with E-state index >= 15 is 0 Å². The Morgan fingerprint density at radius 1 is 1.24 bits per heavy atom. The maximum absolute atomic E-state index is 12.9. The topological polar surface area (TPSA) is 21.3 Å². The molecule has 0 amide bonds. The Bertz CT molecular complexity index is 348. The molecule has 1 unspecified atom stereocenters. The third-order valence-corrected chi connectivity index (χ3v) is 2.32. The Labute approximate surface area is 98.8 Å². The molecule has 0 aliphatic rings. The second-order valence-corrected chi connectivity index (χ2v) is 4.06. The van der Waals surface area contributed by atoms with Gasteiger partial charge in [-0.3, -0.25) is 0 Å². The molecule has 5 heteroatoms. The molecule has 96 valence electrons. The second kappa shape index (κ2) is 6.61. The predicted octanol–water partition coefficient (Wildman–Crippen LogP) is 2.48. The molecular weight excluding hydrogens is 231 g/mol. The summed E-state index contributed by atoms with van der Waals surface area (Å²) in [6.45, 7) is 3.55. The first-order valence-electron chi connectivity index (χ1n) is 5.37. The highest BCUT2D eigenvalue weighted by molar-refractivity contribution is 5.19. The molecule has 0 saturated heterocycles. The van der Waals surface area contributed by atoms with Crippen LogP contribution in [0.15, 0.2) is 12.1 Å². The van der Waals surface area contributed by atoms with Gasteiger partial charge in [0.1, 0.15) is 0 Å². The van der Waals surface area contributed by atoms with Gasteiger partial charge >= 0.3 is 0 Å². The van der Waals surface area contributed by atoms with E-state index in [2.05, 4.69) is 5.32 Å². The minimum atomic E-state index is -1.43. The predicted molar refractivity (Wildman–Crippen MR) is 59.1 cm³/mol. The molecule has 0 aromatic heterocycles. The van der Waals surface area contributed by atoms with E-state index in [0.29, 0.717) is 31.2 Å². The van der Waals surface area contributed by atoms with Crippen molar-refractivity contribution in [3.63, 3.8) is 0 Å². The molecule has 0 bridgehead atoms. The van der Waals surface area contributed by atoms with Crippen LogP contribution in [-0.4, -0.2) is 20.3 Å². The molecule has 0 fully saturated rings. The van der Waals surface area contributed by atoms with E-state index < -0.39 is 17.5 Å². The monoisotopic (exact) mass is 247 g/mol. The molecule has 1 N–H and O–H groups in total. The van der Waals surface area contributed by atoms with Crippen LogP contribution in [0, 0.1) is 23.4 Å². The molecule has 0 aliphatic carbocycles. The minimum Gasteiger partial charge on any atom is -0.384 e. The highest BCUT2D eigenvalue weighted by Gasteiger charge is 2.10. The van der Waals surface area contributed by atoms with Gasteiger partial charge in [0, 0.05) is 26.8 Å².